The topological polar surface area (TPSA) is 53.4 Å². The van der Waals surface area contributed by atoms with Crippen LogP contribution in [-0.4, -0.2) is 23.1 Å². The smallest absolute Gasteiger partial charge is 0.337 e. The monoisotopic (exact) mass is 344 g/mol. The van der Waals surface area contributed by atoms with Crippen LogP contribution in [0.25, 0.3) is 0 Å². The van der Waals surface area contributed by atoms with Crippen molar-refractivity contribution in [2.45, 2.75) is 52.4 Å². The van der Waals surface area contributed by atoms with Crippen molar-refractivity contribution < 1.29 is 9.90 Å². The molecule has 0 saturated heterocycles. The fraction of sp³-hybridized carbons (Fsp3) is 0.474. The number of aromatic carboxylic acids is 1. The minimum atomic E-state index is -0.932. The van der Waals surface area contributed by atoms with Gasteiger partial charge in [0.25, 0.3) is 0 Å². The number of anilines is 2. The highest BCUT2D eigenvalue weighted by Gasteiger charge is 2.33. The molecule has 3 rings (SSSR count). The zero-order valence-corrected chi connectivity index (χ0v) is 15.8. The largest absolute Gasteiger partial charge is 0.478 e. The highest BCUT2D eigenvalue weighted by Crippen LogP contribution is 2.47. The van der Waals surface area contributed by atoms with Crippen LogP contribution in [0.1, 0.15) is 58.7 Å². The number of hydrogen-bond acceptors (Lipinski definition) is 4. The number of rotatable bonds is 3. The maximum absolute atomic E-state index is 11.2. The third-order valence-electron chi connectivity index (χ3n) is 5.03. The molecule has 5 heteroatoms. The average molecular weight is 344 g/mol. The van der Waals surface area contributed by atoms with E-state index >= 15 is 0 Å². The van der Waals surface area contributed by atoms with Gasteiger partial charge in [-0.3, -0.25) is 0 Å². The van der Waals surface area contributed by atoms with Gasteiger partial charge in [0.2, 0.25) is 0 Å². The molecule has 128 valence electrons. The van der Waals surface area contributed by atoms with Crippen molar-refractivity contribution in [2.75, 3.05) is 11.9 Å². The molecular formula is C19H24N2O2S. The van der Waals surface area contributed by atoms with Crippen molar-refractivity contribution in [1.82, 2.24) is 4.98 Å². The number of thiophene rings is 1. The summed E-state index contributed by atoms with van der Waals surface area (Å²) in [5, 5.41) is 10.4. The molecule has 1 N–H and O–H groups in total. The predicted molar refractivity (Wildman–Crippen MR) is 99.0 cm³/mol. The van der Waals surface area contributed by atoms with E-state index in [2.05, 4.69) is 30.7 Å². The highest BCUT2D eigenvalue weighted by molar-refractivity contribution is 7.16. The summed E-state index contributed by atoms with van der Waals surface area (Å²) in [6.45, 7) is 8.61. The molecule has 0 saturated carbocycles. The first kappa shape index (κ1) is 17.0. The van der Waals surface area contributed by atoms with Gasteiger partial charge in [-0.05, 0) is 61.8 Å². The lowest BCUT2D eigenvalue weighted by molar-refractivity contribution is 0.0695. The van der Waals surface area contributed by atoms with E-state index in [1.165, 1.54) is 33.8 Å². The van der Waals surface area contributed by atoms with Crippen molar-refractivity contribution >= 4 is 28.1 Å². The normalized spacial score (nSPS) is 15.9. The maximum atomic E-state index is 11.2. The van der Waals surface area contributed by atoms with E-state index in [-0.39, 0.29) is 11.0 Å². The Balaban J connectivity index is 2.03. The molecule has 0 bridgehead atoms. The maximum Gasteiger partial charge on any atom is 0.337 e. The molecule has 0 unspecified atom stereocenters. The van der Waals surface area contributed by atoms with Crippen molar-refractivity contribution in [2.24, 2.45) is 0 Å². The molecule has 2 aromatic heterocycles. The minimum Gasteiger partial charge on any atom is -0.478 e. The number of pyridine rings is 1. The summed E-state index contributed by atoms with van der Waals surface area (Å²) < 4.78 is 0. The van der Waals surface area contributed by atoms with Crippen molar-refractivity contribution in [1.29, 1.82) is 0 Å². The first-order valence-corrected chi connectivity index (χ1v) is 9.11. The van der Waals surface area contributed by atoms with Gasteiger partial charge in [-0.1, -0.05) is 13.8 Å². The minimum absolute atomic E-state index is 0.226. The fourth-order valence-electron chi connectivity index (χ4n) is 3.82. The molecule has 0 atom stereocenters. The molecule has 0 radical (unpaired) electrons. The van der Waals surface area contributed by atoms with Gasteiger partial charge in [0, 0.05) is 11.9 Å². The number of aromatic nitrogens is 1. The van der Waals surface area contributed by atoms with Gasteiger partial charge in [-0.25, -0.2) is 9.78 Å². The second-order valence-corrected chi connectivity index (χ2v) is 8.32. The summed E-state index contributed by atoms with van der Waals surface area (Å²) in [5.74, 6) is -0.143. The molecular weight excluding hydrogens is 320 g/mol. The highest BCUT2D eigenvalue weighted by atomic mass is 32.1. The molecule has 0 fully saturated rings. The van der Waals surface area contributed by atoms with Crippen LogP contribution in [0.3, 0.4) is 0 Å². The van der Waals surface area contributed by atoms with Gasteiger partial charge in [-0.15, -0.1) is 11.3 Å². The summed E-state index contributed by atoms with van der Waals surface area (Å²) in [4.78, 5) is 19.3. The van der Waals surface area contributed by atoms with Gasteiger partial charge in [-0.2, -0.15) is 0 Å². The molecule has 24 heavy (non-hydrogen) atoms. The Kier molecular flexibility index (Phi) is 4.16. The van der Waals surface area contributed by atoms with E-state index in [9.17, 15) is 9.90 Å². The van der Waals surface area contributed by atoms with Crippen LogP contribution < -0.4 is 4.90 Å². The van der Waals surface area contributed by atoms with Crippen LogP contribution in [0.5, 0.6) is 0 Å². The number of aryl methyl sites for hydroxylation is 2. The van der Waals surface area contributed by atoms with Crippen LogP contribution >= 0.6 is 11.3 Å². The third kappa shape index (κ3) is 2.71. The van der Waals surface area contributed by atoms with E-state index in [4.69, 9.17) is 0 Å². The summed E-state index contributed by atoms with van der Waals surface area (Å²) in [7, 11) is 2.01. The van der Waals surface area contributed by atoms with E-state index in [0.717, 1.165) is 12.2 Å². The summed E-state index contributed by atoms with van der Waals surface area (Å²) in [6, 6.07) is 3.43. The third-order valence-corrected chi connectivity index (χ3v) is 6.45. The van der Waals surface area contributed by atoms with Gasteiger partial charge in [0.05, 0.1) is 16.3 Å². The Hall–Kier alpha value is -1.88. The van der Waals surface area contributed by atoms with E-state index in [1.807, 2.05) is 18.4 Å². The first-order valence-electron chi connectivity index (χ1n) is 8.30. The lowest BCUT2D eigenvalue weighted by Crippen LogP contribution is -2.23. The quantitative estimate of drug-likeness (QED) is 0.865. The second-order valence-electron chi connectivity index (χ2n) is 7.23. The zero-order valence-electron chi connectivity index (χ0n) is 14.9. The summed E-state index contributed by atoms with van der Waals surface area (Å²) in [5.41, 5.74) is 3.87. The fourth-order valence-corrected chi connectivity index (χ4v) is 5.32. The molecule has 0 aliphatic heterocycles. The molecule has 0 amide bonds. The number of carboxylic acids is 1. The lowest BCUT2D eigenvalue weighted by Gasteiger charge is -2.31. The van der Waals surface area contributed by atoms with E-state index in [1.54, 1.807) is 19.1 Å². The van der Waals surface area contributed by atoms with Crippen LogP contribution in [0.2, 0.25) is 0 Å². The number of fused-ring (bicyclic) bond motifs is 1. The summed E-state index contributed by atoms with van der Waals surface area (Å²) >= 11 is 1.85. The molecule has 2 aromatic rings. The number of carbonyl (C=O) groups is 1. The Morgan fingerprint density at radius 2 is 2.04 bits per heavy atom. The van der Waals surface area contributed by atoms with Crippen molar-refractivity contribution in [3.63, 3.8) is 0 Å². The van der Waals surface area contributed by atoms with Crippen LogP contribution in [0.15, 0.2) is 12.1 Å². The van der Waals surface area contributed by atoms with Crippen LogP contribution in [0.4, 0.5) is 10.8 Å². The average Bonchev–Trinajstić information content (AvgIpc) is 2.84. The SMILES string of the molecule is Cc1nc(N(C)c2sc3c(c2C)C(C)(C)CCC3)ccc1C(=O)O. The number of carboxylic acid groups (broad SMARTS) is 1. The van der Waals surface area contributed by atoms with Gasteiger partial charge >= 0.3 is 5.97 Å². The standard InChI is InChI=1S/C19H24N2O2S/c1-11-16-14(7-6-10-19(16,3)4)24-17(11)21(5)15-9-8-13(18(22)23)12(2)20-15/h8-9H,6-7,10H2,1-5H3,(H,22,23). The molecule has 1 aliphatic carbocycles. The van der Waals surface area contributed by atoms with Crippen LogP contribution in [-0.2, 0) is 11.8 Å². The van der Waals surface area contributed by atoms with Crippen molar-refractivity contribution in [3.05, 3.63) is 39.4 Å². The Morgan fingerprint density at radius 1 is 1.33 bits per heavy atom. The Morgan fingerprint density at radius 3 is 2.62 bits per heavy atom. The molecule has 4 nitrogen and oxygen atoms in total. The molecule has 0 aromatic carbocycles. The lowest BCUT2D eigenvalue weighted by atomic mass is 9.74. The molecule has 1 aliphatic rings. The zero-order chi connectivity index (χ0) is 17.6. The Bertz CT molecular complexity index is 808. The first-order chi connectivity index (χ1) is 11.2. The predicted octanol–water partition coefficient (Wildman–Crippen LogP) is 4.84. The van der Waals surface area contributed by atoms with E-state index < -0.39 is 5.97 Å². The van der Waals surface area contributed by atoms with Gasteiger partial charge in [0.1, 0.15) is 5.82 Å². The molecule has 2 heterocycles. The van der Waals surface area contributed by atoms with Gasteiger partial charge < -0.3 is 10.0 Å². The van der Waals surface area contributed by atoms with Crippen molar-refractivity contribution in [3.8, 4) is 0 Å². The second kappa shape index (κ2) is 5.88. The van der Waals surface area contributed by atoms with Gasteiger partial charge in [0.15, 0.2) is 0 Å². The molecule has 0 spiro atoms. The number of nitrogens with zero attached hydrogens (tertiary/aromatic N) is 2. The van der Waals surface area contributed by atoms with Crippen LogP contribution in [0, 0.1) is 13.8 Å². The Labute approximate surface area is 147 Å². The van der Waals surface area contributed by atoms with E-state index in [0.29, 0.717) is 5.69 Å². The summed E-state index contributed by atoms with van der Waals surface area (Å²) in [6.07, 6.45) is 3.63. The number of hydrogen-bond donors (Lipinski definition) is 1.